The molecule has 1 saturated heterocycles. The molecule has 1 aliphatic heterocycles. The lowest BCUT2D eigenvalue weighted by Gasteiger charge is -2.56. The minimum Gasteiger partial charge on any atom is -0.375 e. The maximum absolute atomic E-state index is 10.4. The van der Waals surface area contributed by atoms with E-state index in [0.29, 0.717) is 12.8 Å². The van der Waals surface area contributed by atoms with E-state index in [0.717, 1.165) is 25.7 Å². The van der Waals surface area contributed by atoms with Crippen molar-refractivity contribution in [2.45, 2.75) is 75.5 Å². The Kier molecular flexibility index (Phi) is 3.18. The fourth-order valence-corrected chi connectivity index (χ4v) is 4.05. The van der Waals surface area contributed by atoms with Crippen molar-refractivity contribution in [3.05, 3.63) is 0 Å². The van der Waals surface area contributed by atoms with E-state index in [2.05, 4.69) is 6.07 Å². The molecule has 3 nitrogen and oxygen atoms in total. The van der Waals surface area contributed by atoms with Crippen LogP contribution in [0, 0.1) is 11.3 Å². The molecule has 2 aliphatic rings. The zero-order valence-corrected chi connectivity index (χ0v) is 11.4. The topological polar surface area (TPSA) is 47.3 Å². The molecule has 0 aromatic carbocycles. The summed E-state index contributed by atoms with van der Waals surface area (Å²) in [6, 6.07) is 2.10. The van der Waals surface area contributed by atoms with Gasteiger partial charge in [0.2, 0.25) is 0 Å². The molecule has 1 heterocycles. The van der Waals surface area contributed by atoms with Gasteiger partial charge in [-0.25, -0.2) is 4.42 Å². The van der Waals surface area contributed by atoms with Crippen LogP contribution in [0.5, 0.6) is 0 Å². The van der Waals surface area contributed by atoms with E-state index >= 15 is 0 Å². The fraction of sp³-hybridized carbons (Fsp3) is 0.923. The van der Waals surface area contributed by atoms with Gasteiger partial charge in [0, 0.05) is 23.9 Å². The Bertz CT molecular complexity index is 344. The summed E-state index contributed by atoms with van der Waals surface area (Å²) in [7, 11) is 0. The molecule has 1 spiro atoms. The second kappa shape index (κ2) is 4.12. The van der Waals surface area contributed by atoms with Crippen molar-refractivity contribution >= 4 is 11.8 Å². The van der Waals surface area contributed by atoms with Crippen LogP contribution in [-0.2, 0) is 0 Å². The number of aliphatic hydroxyl groups is 1. The van der Waals surface area contributed by atoms with Crippen LogP contribution in [0.3, 0.4) is 0 Å². The van der Waals surface area contributed by atoms with E-state index in [4.69, 9.17) is 11.8 Å². The first-order chi connectivity index (χ1) is 7.84. The maximum atomic E-state index is 10.4. The zero-order chi connectivity index (χ0) is 12.7. The van der Waals surface area contributed by atoms with E-state index < -0.39 is 5.60 Å². The Morgan fingerprint density at radius 2 is 1.76 bits per heavy atom. The molecular weight excluding hydrogens is 236 g/mol. The minimum absolute atomic E-state index is 0.188. The predicted molar refractivity (Wildman–Crippen MR) is 67.4 cm³/mol. The average molecular weight is 257 g/mol. The Morgan fingerprint density at radius 3 is 2.29 bits per heavy atom. The second-order valence-corrected chi connectivity index (χ2v) is 6.71. The lowest BCUT2D eigenvalue weighted by molar-refractivity contribution is -0.0910. The Hall–Kier alpha value is -0.300. The van der Waals surface area contributed by atoms with Gasteiger partial charge in [-0.05, 0) is 38.5 Å². The van der Waals surface area contributed by atoms with E-state index in [1.807, 2.05) is 18.3 Å². The molecule has 0 radical (unpaired) electrons. The highest BCUT2D eigenvalue weighted by molar-refractivity contribution is 6.14. The van der Waals surface area contributed by atoms with Gasteiger partial charge >= 0.3 is 0 Å². The van der Waals surface area contributed by atoms with Gasteiger partial charge in [0.25, 0.3) is 0 Å². The summed E-state index contributed by atoms with van der Waals surface area (Å²) in [6.45, 7) is 4.02. The van der Waals surface area contributed by atoms with Crippen LogP contribution in [0.15, 0.2) is 0 Å². The van der Waals surface area contributed by atoms with Crippen molar-refractivity contribution in [3.8, 4) is 6.07 Å². The third kappa shape index (κ3) is 2.19. The van der Waals surface area contributed by atoms with E-state index in [1.165, 1.54) is 6.42 Å². The highest BCUT2D eigenvalue weighted by atomic mass is 35.5. The standard InChI is InChI=1S/C13H21ClN2O/c1-11(2)8-13(17,10-15)9-12(16(11)14)6-4-3-5-7-12/h17H,3-9H2,1-2H3. The van der Waals surface area contributed by atoms with Crippen LogP contribution in [0.4, 0.5) is 0 Å². The molecule has 0 aromatic rings. The van der Waals surface area contributed by atoms with E-state index in [1.54, 1.807) is 0 Å². The molecule has 1 unspecified atom stereocenters. The molecule has 0 amide bonds. The van der Waals surface area contributed by atoms with Gasteiger partial charge in [-0.2, -0.15) is 5.26 Å². The molecule has 1 aliphatic carbocycles. The molecule has 1 atom stereocenters. The van der Waals surface area contributed by atoms with Crippen LogP contribution in [-0.4, -0.2) is 26.2 Å². The number of nitriles is 1. The molecule has 96 valence electrons. The van der Waals surface area contributed by atoms with E-state index in [9.17, 15) is 10.4 Å². The largest absolute Gasteiger partial charge is 0.375 e. The lowest BCUT2D eigenvalue weighted by atomic mass is 9.66. The molecule has 1 N–H and O–H groups in total. The van der Waals surface area contributed by atoms with Gasteiger partial charge in [0.1, 0.15) is 0 Å². The summed E-state index contributed by atoms with van der Waals surface area (Å²) in [5, 5.41) is 19.6. The summed E-state index contributed by atoms with van der Waals surface area (Å²) >= 11 is 6.54. The van der Waals surface area contributed by atoms with Crippen molar-refractivity contribution in [1.82, 2.24) is 4.42 Å². The summed E-state index contributed by atoms with van der Waals surface area (Å²) in [5.74, 6) is 0. The number of halogens is 1. The molecule has 17 heavy (non-hydrogen) atoms. The normalized spacial score (nSPS) is 36.6. The highest BCUT2D eigenvalue weighted by Gasteiger charge is 2.55. The van der Waals surface area contributed by atoms with Crippen LogP contribution in [0.2, 0.25) is 0 Å². The summed E-state index contributed by atoms with van der Waals surface area (Å²) in [4.78, 5) is 0. The Balaban J connectivity index is 2.34. The monoisotopic (exact) mass is 256 g/mol. The van der Waals surface area contributed by atoms with Crippen LogP contribution >= 0.6 is 11.8 Å². The van der Waals surface area contributed by atoms with E-state index in [-0.39, 0.29) is 11.1 Å². The number of nitrogens with zero attached hydrogens (tertiary/aromatic N) is 2. The number of rotatable bonds is 0. The first-order valence-corrected chi connectivity index (χ1v) is 6.77. The maximum Gasteiger partial charge on any atom is 0.154 e. The zero-order valence-electron chi connectivity index (χ0n) is 10.7. The molecule has 4 heteroatoms. The number of hydrogen-bond donors (Lipinski definition) is 1. The predicted octanol–water partition coefficient (Wildman–Crippen LogP) is 2.97. The van der Waals surface area contributed by atoms with Gasteiger partial charge in [-0.3, -0.25) is 0 Å². The van der Waals surface area contributed by atoms with Gasteiger partial charge in [-0.15, -0.1) is 0 Å². The van der Waals surface area contributed by atoms with Crippen LogP contribution in [0.25, 0.3) is 0 Å². The van der Waals surface area contributed by atoms with Crippen molar-refractivity contribution < 1.29 is 5.11 Å². The average Bonchev–Trinajstić information content (AvgIpc) is 2.27. The fourth-order valence-electron chi connectivity index (χ4n) is 3.77. The van der Waals surface area contributed by atoms with Crippen molar-refractivity contribution in [3.63, 3.8) is 0 Å². The summed E-state index contributed by atoms with van der Waals surface area (Å²) in [6.07, 6.45) is 6.40. The molecule has 1 saturated carbocycles. The third-order valence-electron chi connectivity index (χ3n) is 4.29. The third-order valence-corrected chi connectivity index (χ3v) is 5.10. The van der Waals surface area contributed by atoms with Crippen LogP contribution < -0.4 is 0 Å². The first kappa shape index (κ1) is 13.1. The Morgan fingerprint density at radius 1 is 1.18 bits per heavy atom. The minimum atomic E-state index is -1.22. The summed E-state index contributed by atoms with van der Waals surface area (Å²) < 4.78 is 1.91. The van der Waals surface area contributed by atoms with Crippen molar-refractivity contribution in [2.24, 2.45) is 0 Å². The Labute approximate surface area is 108 Å². The van der Waals surface area contributed by atoms with Crippen LogP contribution in [0.1, 0.15) is 58.8 Å². The quantitative estimate of drug-likeness (QED) is 0.535. The van der Waals surface area contributed by atoms with Crippen molar-refractivity contribution in [2.75, 3.05) is 0 Å². The lowest BCUT2D eigenvalue weighted by Crippen LogP contribution is -2.64. The molecule has 0 bridgehead atoms. The summed E-state index contributed by atoms with van der Waals surface area (Å²) in [5.41, 5.74) is -1.74. The van der Waals surface area contributed by atoms with Gasteiger partial charge < -0.3 is 5.11 Å². The molecular formula is C13H21ClN2O. The van der Waals surface area contributed by atoms with Gasteiger partial charge in [0.15, 0.2) is 5.60 Å². The van der Waals surface area contributed by atoms with Gasteiger partial charge in [-0.1, -0.05) is 19.3 Å². The van der Waals surface area contributed by atoms with Gasteiger partial charge in [0.05, 0.1) is 6.07 Å². The molecule has 0 aromatic heterocycles. The number of piperidine rings is 1. The first-order valence-electron chi connectivity index (χ1n) is 6.43. The SMILES string of the molecule is CC1(C)CC(O)(C#N)CC2(CCCCC2)N1Cl. The molecule has 2 fully saturated rings. The smallest absolute Gasteiger partial charge is 0.154 e. The highest BCUT2D eigenvalue weighted by Crippen LogP contribution is 2.50. The second-order valence-electron chi connectivity index (χ2n) is 6.38. The number of hydrogen-bond acceptors (Lipinski definition) is 3. The van der Waals surface area contributed by atoms with Crippen molar-refractivity contribution in [1.29, 1.82) is 5.26 Å². The molecule has 2 rings (SSSR count).